The summed E-state index contributed by atoms with van der Waals surface area (Å²) in [5, 5.41) is 4.45. The first-order chi connectivity index (χ1) is 9.28. The fourth-order valence-corrected chi connectivity index (χ4v) is 2.27. The van der Waals surface area contributed by atoms with Gasteiger partial charge >= 0.3 is 0 Å². The molecule has 5 heteroatoms. The second-order valence-corrected chi connectivity index (χ2v) is 4.54. The van der Waals surface area contributed by atoms with Crippen molar-refractivity contribution < 1.29 is 9.47 Å². The minimum absolute atomic E-state index is 0.568. The minimum Gasteiger partial charge on any atom is -0.486 e. The molecule has 1 aliphatic heterocycles. The van der Waals surface area contributed by atoms with Crippen molar-refractivity contribution in [3.8, 4) is 22.8 Å². The quantitative estimate of drug-likeness (QED) is 0.909. The van der Waals surface area contributed by atoms with E-state index in [0.717, 1.165) is 28.5 Å². The maximum Gasteiger partial charge on any atom is 0.162 e. The van der Waals surface area contributed by atoms with E-state index in [-0.39, 0.29) is 0 Å². The van der Waals surface area contributed by atoms with Gasteiger partial charge in [0.25, 0.3) is 0 Å². The first kappa shape index (κ1) is 12.0. The van der Waals surface area contributed by atoms with Crippen molar-refractivity contribution in [2.45, 2.75) is 13.5 Å². The van der Waals surface area contributed by atoms with Gasteiger partial charge in [-0.05, 0) is 31.2 Å². The number of aryl methyl sites for hydroxylation is 1. The van der Waals surface area contributed by atoms with Gasteiger partial charge in [0, 0.05) is 12.1 Å². The molecule has 0 unspecified atom stereocenters. The third-order valence-electron chi connectivity index (χ3n) is 3.08. The molecular formula is C14H17N3O2. The smallest absolute Gasteiger partial charge is 0.162 e. The summed E-state index contributed by atoms with van der Waals surface area (Å²) >= 11 is 0. The van der Waals surface area contributed by atoms with Gasteiger partial charge < -0.3 is 15.2 Å². The standard InChI is InChI=1S/C14H17N3O2/c1-10-8-12(17(16-10)5-4-15)11-2-3-13-14(9-11)19-7-6-18-13/h2-3,8-9H,4-7,15H2,1H3. The lowest BCUT2D eigenvalue weighted by molar-refractivity contribution is 0.171. The van der Waals surface area contributed by atoms with Gasteiger partial charge in [-0.2, -0.15) is 5.10 Å². The third-order valence-corrected chi connectivity index (χ3v) is 3.08. The molecule has 19 heavy (non-hydrogen) atoms. The molecule has 0 aliphatic carbocycles. The van der Waals surface area contributed by atoms with Crippen LogP contribution in [0.25, 0.3) is 11.3 Å². The molecule has 0 radical (unpaired) electrons. The Morgan fingerprint density at radius 2 is 2.00 bits per heavy atom. The van der Waals surface area contributed by atoms with E-state index in [0.29, 0.717) is 26.3 Å². The van der Waals surface area contributed by atoms with Crippen LogP contribution in [0.1, 0.15) is 5.69 Å². The number of ether oxygens (including phenoxy) is 2. The van der Waals surface area contributed by atoms with E-state index in [2.05, 4.69) is 11.2 Å². The predicted molar refractivity (Wildman–Crippen MR) is 72.4 cm³/mol. The zero-order valence-corrected chi connectivity index (χ0v) is 10.9. The fourth-order valence-electron chi connectivity index (χ4n) is 2.27. The average Bonchev–Trinajstić information content (AvgIpc) is 2.80. The Balaban J connectivity index is 2.01. The Morgan fingerprint density at radius 1 is 1.21 bits per heavy atom. The van der Waals surface area contributed by atoms with Crippen LogP contribution in [0.4, 0.5) is 0 Å². The first-order valence-electron chi connectivity index (χ1n) is 6.42. The van der Waals surface area contributed by atoms with E-state index in [4.69, 9.17) is 15.2 Å². The van der Waals surface area contributed by atoms with Crippen molar-refractivity contribution in [2.75, 3.05) is 19.8 Å². The highest BCUT2D eigenvalue weighted by Crippen LogP contribution is 2.34. The van der Waals surface area contributed by atoms with Crippen molar-refractivity contribution in [3.63, 3.8) is 0 Å². The third kappa shape index (κ3) is 2.29. The molecule has 1 aromatic carbocycles. The van der Waals surface area contributed by atoms with Crippen LogP contribution in [0.5, 0.6) is 11.5 Å². The Labute approximate surface area is 111 Å². The van der Waals surface area contributed by atoms with Gasteiger partial charge in [-0.25, -0.2) is 0 Å². The summed E-state index contributed by atoms with van der Waals surface area (Å²) in [7, 11) is 0. The Bertz CT molecular complexity index is 592. The van der Waals surface area contributed by atoms with Crippen molar-refractivity contribution in [2.24, 2.45) is 5.73 Å². The van der Waals surface area contributed by atoms with Crippen LogP contribution in [0.15, 0.2) is 24.3 Å². The summed E-state index contributed by atoms with van der Waals surface area (Å²) < 4.78 is 13.1. The Kier molecular flexibility index (Phi) is 3.13. The molecule has 100 valence electrons. The monoisotopic (exact) mass is 259 g/mol. The van der Waals surface area contributed by atoms with E-state index < -0.39 is 0 Å². The zero-order valence-electron chi connectivity index (χ0n) is 10.9. The lowest BCUT2D eigenvalue weighted by atomic mass is 10.1. The second kappa shape index (κ2) is 4.93. The van der Waals surface area contributed by atoms with E-state index >= 15 is 0 Å². The maximum absolute atomic E-state index is 5.62. The predicted octanol–water partition coefficient (Wildman–Crippen LogP) is 1.59. The molecule has 2 aromatic rings. The van der Waals surface area contributed by atoms with Crippen LogP contribution >= 0.6 is 0 Å². The summed E-state index contributed by atoms with van der Waals surface area (Å²) in [5.41, 5.74) is 8.73. The van der Waals surface area contributed by atoms with Gasteiger partial charge in [0.2, 0.25) is 0 Å². The number of hydrogen-bond acceptors (Lipinski definition) is 4. The van der Waals surface area contributed by atoms with Crippen LogP contribution in [-0.2, 0) is 6.54 Å². The highest BCUT2D eigenvalue weighted by molar-refractivity contribution is 5.65. The normalized spacial score (nSPS) is 13.6. The second-order valence-electron chi connectivity index (χ2n) is 4.54. The number of fused-ring (bicyclic) bond motifs is 1. The Morgan fingerprint density at radius 3 is 2.79 bits per heavy atom. The molecule has 0 saturated heterocycles. The number of benzene rings is 1. The lowest BCUT2D eigenvalue weighted by Crippen LogP contribution is -2.15. The van der Waals surface area contributed by atoms with Gasteiger partial charge in [0.05, 0.1) is 17.9 Å². The molecule has 0 spiro atoms. The highest BCUT2D eigenvalue weighted by Gasteiger charge is 2.14. The summed E-state index contributed by atoms with van der Waals surface area (Å²) in [6.45, 7) is 4.46. The number of nitrogens with two attached hydrogens (primary N) is 1. The van der Waals surface area contributed by atoms with Gasteiger partial charge in [0.1, 0.15) is 13.2 Å². The van der Waals surface area contributed by atoms with Gasteiger partial charge in [-0.3, -0.25) is 4.68 Å². The Hall–Kier alpha value is -2.01. The number of nitrogens with zero attached hydrogens (tertiary/aromatic N) is 2. The largest absolute Gasteiger partial charge is 0.486 e. The van der Waals surface area contributed by atoms with E-state index in [1.165, 1.54) is 0 Å². The molecule has 0 saturated carbocycles. The van der Waals surface area contributed by atoms with E-state index in [9.17, 15) is 0 Å². The molecule has 5 nitrogen and oxygen atoms in total. The lowest BCUT2D eigenvalue weighted by Gasteiger charge is -2.19. The van der Waals surface area contributed by atoms with Crippen LogP contribution in [0.2, 0.25) is 0 Å². The van der Waals surface area contributed by atoms with Crippen molar-refractivity contribution >= 4 is 0 Å². The number of hydrogen-bond donors (Lipinski definition) is 1. The van der Waals surface area contributed by atoms with Crippen molar-refractivity contribution in [1.82, 2.24) is 9.78 Å². The zero-order chi connectivity index (χ0) is 13.2. The molecule has 1 aliphatic rings. The number of aromatic nitrogens is 2. The maximum atomic E-state index is 5.62. The van der Waals surface area contributed by atoms with Crippen LogP contribution < -0.4 is 15.2 Å². The SMILES string of the molecule is Cc1cc(-c2ccc3c(c2)OCCO3)n(CCN)n1. The van der Waals surface area contributed by atoms with Crippen molar-refractivity contribution in [3.05, 3.63) is 30.0 Å². The molecule has 2 N–H and O–H groups in total. The van der Waals surface area contributed by atoms with Gasteiger partial charge in [-0.15, -0.1) is 0 Å². The summed E-state index contributed by atoms with van der Waals surface area (Å²) in [6, 6.07) is 8.02. The summed E-state index contributed by atoms with van der Waals surface area (Å²) in [4.78, 5) is 0. The average molecular weight is 259 g/mol. The van der Waals surface area contributed by atoms with E-state index in [1.807, 2.05) is 29.8 Å². The molecule has 3 rings (SSSR count). The molecule has 0 amide bonds. The van der Waals surface area contributed by atoms with Crippen LogP contribution in [-0.4, -0.2) is 29.5 Å². The summed E-state index contributed by atoms with van der Waals surface area (Å²) in [6.07, 6.45) is 0. The molecule has 2 heterocycles. The number of rotatable bonds is 3. The van der Waals surface area contributed by atoms with E-state index in [1.54, 1.807) is 0 Å². The minimum atomic E-state index is 0.568. The van der Waals surface area contributed by atoms with Crippen LogP contribution in [0, 0.1) is 6.92 Å². The summed E-state index contributed by atoms with van der Waals surface area (Å²) in [5.74, 6) is 1.60. The topological polar surface area (TPSA) is 62.3 Å². The molecule has 0 fully saturated rings. The molecule has 0 atom stereocenters. The highest BCUT2D eigenvalue weighted by atomic mass is 16.6. The van der Waals surface area contributed by atoms with Gasteiger partial charge in [0.15, 0.2) is 11.5 Å². The fraction of sp³-hybridized carbons (Fsp3) is 0.357. The van der Waals surface area contributed by atoms with Gasteiger partial charge in [-0.1, -0.05) is 0 Å². The van der Waals surface area contributed by atoms with Crippen LogP contribution in [0.3, 0.4) is 0 Å². The molecule has 1 aromatic heterocycles. The molecule has 0 bridgehead atoms. The first-order valence-corrected chi connectivity index (χ1v) is 6.42. The molecular weight excluding hydrogens is 242 g/mol. The van der Waals surface area contributed by atoms with Crippen molar-refractivity contribution in [1.29, 1.82) is 0 Å².